The lowest BCUT2D eigenvalue weighted by Crippen LogP contribution is -2.55. The molecule has 7 heteroatoms. The van der Waals surface area contributed by atoms with Gasteiger partial charge in [0, 0.05) is 43.2 Å². The maximum absolute atomic E-state index is 12.9. The third-order valence-corrected chi connectivity index (χ3v) is 7.17. The van der Waals surface area contributed by atoms with Gasteiger partial charge in [-0.25, -0.2) is 0 Å². The number of amides is 3. The van der Waals surface area contributed by atoms with Crippen LogP contribution in [0.15, 0.2) is 24.3 Å². The number of benzene rings is 1. The summed E-state index contributed by atoms with van der Waals surface area (Å²) in [6.45, 7) is 2.55. The number of carbonyl (C=O) groups is 3. The molecule has 3 amide bonds. The van der Waals surface area contributed by atoms with E-state index in [1.54, 1.807) is 12.0 Å². The Morgan fingerprint density at radius 2 is 2.10 bits per heavy atom. The molecule has 3 aliphatic rings. The Labute approximate surface area is 183 Å². The summed E-state index contributed by atoms with van der Waals surface area (Å²) in [7, 11) is 1.59. The Balaban J connectivity index is 1.35. The van der Waals surface area contributed by atoms with Gasteiger partial charge in [-0.1, -0.05) is 19.4 Å². The zero-order chi connectivity index (χ0) is 22.0. The van der Waals surface area contributed by atoms with Gasteiger partial charge in [-0.05, 0) is 49.7 Å². The van der Waals surface area contributed by atoms with Crippen LogP contribution in [0.5, 0.6) is 5.75 Å². The Morgan fingerprint density at radius 3 is 2.87 bits per heavy atom. The minimum Gasteiger partial charge on any atom is -0.497 e. The van der Waals surface area contributed by atoms with Gasteiger partial charge in [0.25, 0.3) is 0 Å². The first-order valence-corrected chi connectivity index (χ1v) is 11.5. The van der Waals surface area contributed by atoms with Gasteiger partial charge in [0.1, 0.15) is 5.75 Å². The minimum atomic E-state index is -0.356. The number of hydrogen-bond donors (Lipinski definition) is 2. The predicted octanol–water partition coefficient (Wildman–Crippen LogP) is 2.64. The number of ether oxygens (including phenoxy) is 1. The van der Waals surface area contributed by atoms with Crippen molar-refractivity contribution in [2.24, 2.45) is 17.8 Å². The van der Waals surface area contributed by atoms with E-state index >= 15 is 0 Å². The molecular weight excluding hydrogens is 394 g/mol. The van der Waals surface area contributed by atoms with Crippen LogP contribution in [-0.2, 0) is 14.4 Å². The normalized spacial score (nSPS) is 30.5. The number of nitrogens with one attached hydrogen (secondary N) is 2. The van der Waals surface area contributed by atoms with E-state index in [0.29, 0.717) is 30.6 Å². The fourth-order valence-corrected chi connectivity index (χ4v) is 5.63. The Bertz CT molecular complexity index is 842. The van der Waals surface area contributed by atoms with E-state index in [2.05, 4.69) is 17.6 Å². The summed E-state index contributed by atoms with van der Waals surface area (Å²) >= 11 is 0. The molecule has 4 rings (SSSR count). The van der Waals surface area contributed by atoms with Gasteiger partial charge in [0.2, 0.25) is 17.7 Å². The number of nitrogens with zero attached hydrogens (tertiary/aromatic N) is 1. The number of fused-ring (bicyclic) bond motifs is 1. The van der Waals surface area contributed by atoms with E-state index in [-0.39, 0.29) is 42.1 Å². The maximum atomic E-state index is 12.9. The van der Waals surface area contributed by atoms with Gasteiger partial charge in [-0.2, -0.15) is 0 Å². The fourth-order valence-electron chi connectivity index (χ4n) is 5.63. The van der Waals surface area contributed by atoms with Crippen molar-refractivity contribution in [1.82, 2.24) is 10.6 Å². The van der Waals surface area contributed by atoms with Crippen LogP contribution < -0.4 is 20.3 Å². The molecular formula is C24H33N3O4. The highest BCUT2D eigenvalue weighted by Crippen LogP contribution is 2.38. The molecule has 1 saturated carbocycles. The lowest BCUT2D eigenvalue weighted by molar-refractivity contribution is -0.128. The van der Waals surface area contributed by atoms with Crippen LogP contribution in [-0.4, -0.2) is 43.5 Å². The highest BCUT2D eigenvalue weighted by Gasteiger charge is 2.42. The van der Waals surface area contributed by atoms with Gasteiger partial charge >= 0.3 is 0 Å². The number of hydrogen-bond acceptors (Lipinski definition) is 4. The molecule has 7 nitrogen and oxygen atoms in total. The predicted molar refractivity (Wildman–Crippen MR) is 118 cm³/mol. The topological polar surface area (TPSA) is 87.7 Å². The molecule has 168 valence electrons. The average Bonchev–Trinajstić information content (AvgIpc) is 3.15. The van der Waals surface area contributed by atoms with Crippen LogP contribution in [0.1, 0.15) is 51.9 Å². The molecule has 1 aromatic rings. The molecule has 2 N–H and O–H groups in total. The van der Waals surface area contributed by atoms with Crippen molar-refractivity contribution in [3.05, 3.63) is 24.3 Å². The van der Waals surface area contributed by atoms with Crippen molar-refractivity contribution >= 4 is 23.4 Å². The van der Waals surface area contributed by atoms with Gasteiger partial charge in [0.05, 0.1) is 13.0 Å². The molecule has 2 heterocycles. The smallest absolute Gasteiger partial charge is 0.227 e. The fraction of sp³-hybridized carbons (Fsp3) is 0.625. The highest BCUT2D eigenvalue weighted by atomic mass is 16.5. The van der Waals surface area contributed by atoms with Crippen molar-refractivity contribution in [1.29, 1.82) is 0 Å². The molecule has 0 spiro atoms. The quantitative estimate of drug-likeness (QED) is 0.731. The third kappa shape index (κ3) is 4.70. The van der Waals surface area contributed by atoms with E-state index in [9.17, 15) is 14.4 Å². The Kier molecular flexibility index (Phi) is 6.49. The third-order valence-electron chi connectivity index (χ3n) is 7.17. The molecule has 2 saturated heterocycles. The van der Waals surface area contributed by atoms with E-state index in [1.807, 2.05) is 24.3 Å². The first-order valence-electron chi connectivity index (χ1n) is 11.5. The summed E-state index contributed by atoms with van der Waals surface area (Å²) in [5.41, 5.74) is 0.757. The average molecular weight is 428 g/mol. The molecule has 31 heavy (non-hydrogen) atoms. The second-order valence-corrected chi connectivity index (χ2v) is 9.22. The summed E-state index contributed by atoms with van der Waals surface area (Å²) in [5.74, 6) is 1.35. The minimum absolute atomic E-state index is 0.0425. The number of methoxy groups -OCH3 is 1. The largest absolute Gasteiger partial charge is 0.497 e. The lowest BCUT2D eigenvalue weighted by atomic mass is 9.70. The molecule has 0 aromatic heterocycles. The van der Waals surface area contributed by atoms with E-state index in [4.69, 9.17) is 4.74 Å². The van der Waals surface area contributed by atoms with Crippen molar-refractivity contribution in [3.8, 4) is 5.75 Å². The van der Waals surface area contributed by atoms with Crippen LogP contribution in [0.4, 0.5) is 5.69 Å². The van der Waals surface area contributed by atoms with Crippen LogP contribution in [0.2, 0.25) is 0 Å². The molecule has 3 fully saturated rings. The van der Waals surface area contributed by atoms with Crippen LogP contribution >= 0.6 is 0 Å². The van der Waals surface area contributed by atoms with Crippen molar-refractivity contribution in [2.75, 3.05) is 18.6 Å². The number of piperidine rings is 1. The number of carbonyl (C=O) groups excluding carboxylic acids is 3. The first-order chi connectivity index (χ1) is 15.0. The van der Waals surface area contributed by atoms with Crippen molar-refractivity contribution in [2.45, 2.75) is 64.0 Å². The van der Waals surface area contributed by atoms with Crippen LogP contribution in [0, 0.1) is 17.8 Å². The zero-order valence-electron chi connectivity index (χ0n) is 18.4. The summed E-state index contributed by atoms with van der Waals surface area (Å²) < 4.78 is 5.25. The standard InChI is InChI=1S/C24H33N3O4/c1-3-5-15-10-22(28)26-21-12-17(8-9-20(15)21)25-24(30)16-11-23(29)27(14-16)18-6-4-7-19(13-18)31-2/h4,6-7,13,15-17,20-21H,3,5,8-12,14H2,1-2H3,(H,25,30)(H,26,28). The second-order valence-electron chi connectivity index (χ2n) is 9.22. The summed E-state index contributed by atoms with van der Waals surface area (Å²) in [6, 6.07) is 7.56. The maximum Gasteiger partial charge on any atom is 0.227 e. The number of rotatable bonds is 6. The van der Waals surface area contributed by atoms with Gasteiger partial charge < -0.3 is 20.3 Å². The Morgan fingerprint density at radius 1 is 1.26 bits per heavy atom. The van der Waals surface area contributed by atoms with Gasteiger partial charge in [-0.3, -0.25) is 14.4 Å². The first kappa shape index (κ1) is 21.7. The molecule has 5 atom stereocenters. The van der Waals surface area contributed by atoms with Crippen molar-refractivity contribution in [3.63, 3.8) is 0 Å². The molecule has 1 aliphatic carbocycles. The van der Waals surface area contributed by atoms with E-state index in [0.717, 1.165) is 37.8 Å². The summed E-state index contributed by atoms with van der Waals surface area (Å²) in [4.78, 5) is 39.3. The molecule has 5 unspecified atom stereocenters. The molecule has 1 aromatic carbocycles. The van der Waals surface area contributed by atoms with E-state index in [1.165, 1.54) is 0 Å². The highest BCUT2D eigenvalue weighted by molar-refractivity contribution is 6.00. The molecule has 0 radical (unpaired) electrons. The van der Waals surface area contributed by atoms with Crippen LogP contribution in [0.3, 0.4) is 0 Å². The second kappa shape index (κ2) is 9.28. The lowest BCUT2D eigenvalue weighted by Gasteiger charge is -2.44. The van der Waals surface area contributed by atoms with Crippen LogP contribution in [0.25, 0.3) is 0 Å². The van der Waals surface area contributed by atoms with E-state index < -0.39 is 0 Å². The Hall–Kier alpha value is -2.57. The monoisotopic (exact) mass is 427 g/mol. The summed E-state index contributed by atoms with van der Waals surface area (Å²) in [6.07, 6.45) is 5.79. The summed E-state index contributed by atoms with van der Waals surface area (Å²) in [5, 5.41) is 6.34. The zero-order valence-corrected chi connectivity index (χ0v) is 18.4. The van der Waals surface area contributed by atoms with Gasteiger partial charge in [0.15, 0.2) is 0 Å². The SMILES string of the molecule is CCCC1CC(=O)NC2CC(NC(=O)C3CC(=O)N(c4cccc(OC)c4)C3)CCC12. The number of anilines is 1. The molecule has 2 aliphatic heterocycles. The van der Waals surface area contributed by atoms with Crippen molar-refractivity contribution < 1.29 is 19.1 Å². The molecule has 0 bridgehead atoms. The van der Waals surface area contributed by atoms with Gasteiger partial charge in [-0.15, -0.1) is 0 Å².